The van der Waals surface area contributed by atoms with Gasteiger partial charge >= 0.3 is 0 Å². The number of carbonyl (C=O) groups is 1. The highest BCUT2D eigenvalue weighted by atomic mass is 16.5. The van der Waals surface area contributed by atoms with E-state index in [-0.39, 0.29) is 11.5 Å². The van der Waals surface area contributed by atoms with Crippen LogP contribution in [0.3, 0.4) is 0 Å². The van der Waals surface area contributed by atoms with Gasteiger partial charge in [0.05, 0.1) is 18.3 Å². The van der Waals surface area contributed by atoms with Crippen LogP contribution in [0, 0.1) is 5.92 Å². The number of ether oxygens (including phenoxy) is 1. The molecule has 1 saturated heterocycles. The molecule has 1 aliphatic heterocycles. The number of rotatable bonds is 6. The van der Waals surface area contributed by atoms with Crippen molar-refractivity contribution >= 4 is 5.91 Å². The lowest BCUT2D eigenvalue weighted by atomic mass is 9.93. The molecular formula is C15H30N2O3. The van der Waals surface area contributed by atoms with Gasteiger partial charge in [-0.1, -0.05) is 0 Å². The minimum Gasteiger partial charge on any atom is -0.389 e. The molecule has 0 aromatic rings. The van der Waals surface area contributed by atoms with E-state index in [1.54, 1.807) is 7.05 Å². The lowest BCUT2D eigenvalue weighted by Gasteiger charge is -2.33. The standard InChI is InChI=1S/C15H30N2O3/c1-15(2,3)20-11-13(18)10-17-7-5-12(6-8-17)9-14(19)16-4/h12-13,18H,5-11H2,1-4H3,(H,16,19). The van der Waals surface area contributed by atoms with Crippen molar-refractivity contribution < 1.29 is 14.6 Å². The van der Waals surface area contributed by atoms with Crippen molar-refractivity contribution in [3.63, 3.8) is 0 Å². The second-order valence-corrected chi connectivity index (χ2v) is 6.70. The Bertz CT molecular complexity index is 294. The summed E-state index contributed by atoms with van der Waals surface area (Å²) >= 11 is 0. The van der Waals surface area contributed by atoms with Gasteiger partial charge in [0.1, 0.15) is 0 Å². The summed E-state index contributed by atoms with van der Waals surface area (Å²) in [4.78, 5) is 13.6. The SMILES string of the molecule is CNC(=O)CC1CCN(CC(O)COC(C)(C)C)CC1. The fraction of sp³-hybridized carbons (Fsp3) is 0.933. The summed E-state index contributed by atoms with van der Waals surface area (Å²) in [5.74, 6) is 0.608. The third-order valence-corrected chi connectivity index (χ3v) is 3.64. The molecule has 0 aromatic heterocycles. The number of β-amino-alcohol motifs (C(OH)–C–C–N with tert-alkyl or cyclic N) is 1. The predicted molar refractivity (Wildman–Crippen MR) is 79.6 cm³/mol. The van der Waals surface area contributed by atoms with Crippen molar-refractivity contribution in [1.29, 1.82) is 0 Å². The summed E-state index contributed by atoms with van der Waals surface area (Å²) in [5.41, 5.74) is -0.207. The van der Waals surface area contributed by atoms with Crippen LogP contribution in [0.2, 0.25) is 0 Å². The Kier molecular flexibility index (Phi) is 6.92. The van der Waals surface area contributed by atoms with E-state index in [1.807, 2.05) is 20.8 Å². The van der Waals surface area contributed by atoms with Gasteiger partial charge in [-0.3, -0.25) is 4.79 Å². The molecule has 0 spiro atoms. The van der Waals surface area contributed by atoms with E-state index in [0.717, 1.165) is 25.9 Å². The number of carbonyl (C=O) groups excluding carboxylic acids is 1. The van der Waals surface area contributed by atoms with E-state index < -0.39 is 6.10 Å². The number of aliphatic hydroxyl groups is 1. The summed E-state index contributed by atoms with van der Waals surface area (Å²) in [5, 5.41) is 12.7. The van der Waals surface area contributed by atoms with Gasteiger partial charge in [-0.25, -0.2) is 0 Å². The molecule has 2 N–H and O–H groups in total. The molecular weight excluding hydrogens is 256 g/mol. The average Bonchev–Trinajstić information content (AvgIpc) is 2.38. The minimum absolute atomic E-state index is 0.127. The average molecular weight is 286 g/mol. The highest BCUT2D eigenvalue weighted by molar-refractivity contribution is 5.75. The van der Waals surface area contributed by atoms with Crippen LogP contribution < -0.4 is 5.32 Å². The minimum atomic E-state index is -0.440. The number of nitrogens with one attached hydrogen (secondary N) is 1. The van der Waals surface area contributed by atoms with E-state index in [0.29, 0.717) is 25.5 Å². The van der Waals surface area contributed by atoms with Gasteiger partial charge in [-0.2, -0.15) is 0 Å². The predicted octanol–water partition coefficient (Wildman–Crippen LogP) is 1.01. The zero-order valence-electron chi connectivity index (χ0n) is 13.3. The summed E-state index contributed by atoms with van der Waals surface area (Å²) < 4.78 is 5.59. The fourth-order valence-electron chi connectivity index (χ4n) is 2.43. The van der Waals surface area contributed by atoms with Gasteiger partial charge in [0, 0.05) is 20.0 Å². The number of hydrogen-bond donors (Lipinski definition) is 2. The molecule has 1 atom stereocenters. The van der Waals surface area contributed by atoms with Crippen LogP contribution in [0.1, 0.15) is 40.0 Å². The van der Waals surface area contributed by atoms with Crippen molar-refractivity contribution in [2.75, 3.05) is 33.3 Å². The second-order valence-electron chi connectivity index (χ2n) is 6.70. The zero-order valence-corrected chi connectivity index (χ0v) is 13.3. The second kappa shape index (κ2) is 7.96. The smallest absolute Gasteiger partial charge is 0.220 e. The molecule has 1 unspecified atom stereocenters. The number of nitrogens with zero attached hydrogens (tertiary/aromatic N) is 1. The van der Waals surface area contributed by atoms with E-state index in [4.69, 9.17) is 4.74 Å². The van der Waals surface area contributed by atoms with Gasteiger partial charge in [0.2, 0.25) is 5.91 Å². The lowest BCUT2D eigenvalue weighted by molar-refractivity contribution is -0.121. The highest BCUT2D eigenvalue weighted by Crippen LogP contribution is 2.20. The van der Waals surface area contributed by atoms with E-state index in [2.05, 4.69) is 10.2 Å². The normalized spacial score (nSPS) is 19.9. The molecule has 0 saturated carbocycles. The maximum atomic E-state index is 11.3. The Labute approximate surface area is 122 Å². The maximum absolute atomic E-state index is 11.3. The molecule has 1 aliphatic rings. The topological polar surface area (TPSA) is 61.8 Å². The van der Waals surface area contributed by atoms with Gasteiger partial charge < -0.3 is 20.1 Å². The van der Waals surface area contributed by atoms with Gasteiger partial charge in [-0.15, -0.1) is 0 Å². The Morgan fingerprint density at radius 3 is 2.50 bits per heavy atom. The van der Waals surface area contributed by atoms with Crippen LogP contribution in [0.4, 0.5) is 0 Å². The van der Waals surface area contributed by atoms with Crippen LogP contribution in [-0.2, 0) is 9.53 Å². The summed E-state index contributed by atoms with van der Waals surface area (Å²) in [7, 11) is 1.68. The molecule has 0 aliphatic carbocycles. The number of hydrogen-bond acceptors (Lipinski definition) is 4. The molecule has 20 heavy (non-hydrogen) atoms. The summed E-state index contributed by atoms with van der Waals surface area (Å²) in [6.07, 6.45) is 2.24. The monoisotopic (exact) mass is 286 g/mol. The summed E-state index contributed by atoms with van der Waals surface area (Å²) in [6, 6.07) is 0. The molecule has 0 bridgehead atoms. The first-order chi connectivity index (χ1) is 9.30. The first-order valence-electron chi connectivity index (χ1n) is 7.55. The van der Waals surface area contributed by atoms with Crippen LogP contribution in [0.15, 0.2) is 0 Å². The van der Waals surface area contributed by atoms with Crippen molar-refractivity contribution in [3.8, 4) is 0 Å². The Morgan fingerprint density at radius 1 is 1.40 bits per heavy atom. The number of piperidine rings is 1. The first kappa shape index (κ1) is 17.4. The number of aliphatic hydroxyl groups excluding tert-OH is 1. The van der Waals surface area contributed by atoms with Crippen molar-refractivity contribution in [3.05, 3.63) is 0 Å². The van der Waals surface area contributed by atoms with Gasteiger partial charge in [-0.05, 0) is 52.6 Å². The third kappa shape index (κ3) is 7.22. The largest absolute Gasteiger partial charge is 0.389 e. The third-order valence-electron chi connectivity index (χ3n) is 3.64. The van der Waals surface area contributed by atoms with Crippen molar-refractivity contribution in [2.24, 2.45) is 5.92 Å². The Morgan fingerprint density at radius 2 is 2.00 bits per heavy atom. The highest BCUT2D eigenvalue weighted by Gasteiger charge is 2.23. The van der Waals surface area contributed by atoms with E-state index in [1.165, 1.54) is 0 Å². The quantitative estimate of drug-likeness (QED) is 0.765. The lowest BCUT2D eigenvalue weighted by Crippen LogP contribution is -2.41. The maximum Gasteiger partial charge on any atom is 0.220 e. The van der Waals surface area contributed by atoms with Gasteiger partial charge in [0.15, 0.2) is 0 Å². The molecule has 5 nitrogen and oxygen atoms in total. The molecule has 0 radical (unpaired) electrons. The Balaban J connectivity index is 2.20. The molecule has 5 heteroatoms. The van der Waals surface area contributed by atoms with Crippen LogP contribution in [0.5, 0.6) is 0 Å². The summed E-state index contributed by atoms with van der Waals surface area (Å²) in [6.45, 7) is 8.91. The molecule has 1 rings (SSSR count). The van der Waals surface area contributed by atoms with E-state index >= 15 is 0 Å². The number of amides is 1. The van der Waals surface area contributed by atoms with Crippen molar-refractivity contribution in [1.82, 2.24) is 10.2 Å². The van der Waals surface area contributed by atoms with E-state index in [9.17, 15) is 9.90 Å². The fourth-order valence-corrected chi connectivity index (χ4v) is 2.43. The molecule has 1 fully saturated rings. The zero-order chi connectivity index (χ0) is 15.2. The van der Waals surface area contributed by atoms with Crippen LogP contribution >= 0.6 is 0 Å². The Hall–Kier alpha value is -0.650. The molecule has 1 amide bonds. The van der Waals surface area contributed by atoms with Gasteiger partial charge in [0.25, 0.3) is 0 Å². The molecule has 1 heterocycles. The number of likely N-dealkylation sites (tertiary alicyclic amines) is 1. The van der Waals surface area contributed by atoms with Crippen LogP contribution in [-0.4, -0.2) is 60.9 Å². The van der Waals surface area contributed by atoms with Crippen LogP contribution in [0.25, 0.3) is 0 Å². The molecule has 0 aromatic carbocycles. The van der Waals surface area contributed by atoms with Crippen molar-refractivity contribution in [2.45, 2.75) is 51.7 Å². The molecule has 118 valence electrons. The first-order valence-corrected chi connectivity index (χ1v) is 7.55.